The van der Waals surface area contributed by atoms with Crippen LogP contribution in [-0.2, 0) is 15.8 Å². The van der Waals surface area contributed by atoms with Crippen LogP contribution in [0.5, 0.6) is 5.75 Å². The number of alkyl halides is 3. The highest BCUT2D eigenvalue weighted by molar-refractivity contribution is 7.81. The molecular formula is C29H23F6N5O3S. The Kier molecular flexibility index (Phi) is 8.87. The molecule has 8 nitrogen and oxygen atoms in total. The largest absolute Gasteiger partial charge is 0.490 e. The topological polar surface area (TPSA) is 98.6 Å². The molecule has 230 valence electrons. The smallest absolute Gasteiger partial charge is 0.420 e. The first-order valence-corrected chi connectivity index (χ1v) is 13.3. The van der Waals surface area contributed by atoms with Gasteiger partial charge in [-0.2, -0.15) is 18.4 Å². The van der Waals surface area contributed by atoms with E-state index in [1.54, 1.807) is 0 Å². The molecule has 0 radical (unpaired) electrons. The van der Waals surface area contributed by atoms with Gasteiger partial charge in [-0.3, -0.25) is 19.5 Å². The number of amides is 2. The molecule has 4 rings (SSSR count). The number of anilines is 2. The zero-order valence-corrected chi connectivity index (χ0v) is 24.2. The maximum atomic E-state index is 15.4. The van der Waals surface area contributed by atoms with Crippen molar-refractivity contribution in [2.75, 3.05) is 23.0 Å². The summed E-state index contributed by atoms with van der Waals surface area (Å²) in [6.45, 7) is 4.52. The lowest BCUT2D eigenvalue weighted by atomic mass is 10.0. The van der Waals surface area contributed by atoms with Crippen molar-refractivity contribution >= 4 is 40.5 Å². The molecular weight excluding hydrogens is 612 g/mol. The number of carbonyl (C=O) groups is 2. The molecule has 1 aliphatic heterocycles. The van der Waals surface area contributed by atoms with Crippen LogP contribution in [0, 0.1) is 28.8 Å². The van der Waals surface area contributed by atoms with Gasteiger partial charge in [0, 0.05) is 25.1 Å². The molecule has 2 heterocycles. The van der Waals surface area contributed by atoms with E-state index in [1.165, 1.54) is 39.0 Å². The minimum absolute atomic E-state index is 0.0532. The minimum atomic E-state index is -5.24. The van der Waals surface area contributed by atoms with Crippen LogP contribution in [0.3, 0.4) is 0 Å². The number of hydrogen-bond donors (Lipinski definition) is 1. The van der Waals surface area contributed by atoms with Gasteiger partial charge in [-0.05, 0) is 62.8 Å². The number of nitrogens with one attached hydrogen (secondary N) is 1. The van der Waals surface area contributed by atoms with E-state index in [1.807, 2.05) is 0 Å². The molecule has 2 amide bonds. The summed E-state index contributed by atoms with van der Waals surface area (Å²) in [7, 11) is 0. The van der Waals surface area contributed by atoms with Gasteiger partial charge in [-0.25, -0.2) is 13.2 Å². The molecule has 0 bridgehead atoms. The van der Waals surface area contributed by atoms with Crippen molar-refractivity contribution in [2.45, 2.75) is 38.9 Å². The number of halogens is 6. The van der Waals surface area contributed by atoms with Gasteiger partial charge in [0.25, 0.3) is 5.91 Å². The van der Waals surface area contributed by atoms with E-state index in [0.29, 0.717) is 17.9 Å². The van der Waals surface area contributed by atoms with Gasteiger partial charge in [0.05, 0.1) is 35.8 Å². The molecule has 0 unspecified atom stereocenters. The van der Waals surface area contributed by atoms with Gasteiger partial charge in [-0.15, -0.1) is 0 Å². The van der Waals surface area contributed by atoms with Gasteiger partial charge in [0.2, 0.25) is 5.91 Å². The Hall–Kier alpha value is -4.71. The van der Waals surface area contributed by atoms with Crippen molar-refractivity contribution in [3.63, 3.8) is 0 Å². The SMILES string of the molecule is CC(=O)NCCCOc1ccc(-c2ncc(N3C(=S)N(c4ccc(C#N)c(C(F)(F)F)c4F)C(=O)C3(C)C)cc2F)cc1F. The average Bonchev–Trinajstić information content (AvgIpc) is 3.11. The molecule has 1 fully saturated rings. The summed E-state index contributed by atoms with van der Waals surface area (Å²) >= 11 is 5.36. The third-order valence-electron chi connectivity index (χ3n) is 6.68. The van der Waals surface area contributed by atoms with Crippen molar-refractivity contribution in [1.29, 1.82) is 5.26 Å². The summed E-state index contributed by atoms with van der Waals surface area (Å²) in [4.78, 5) is 30.0. The molecule has 0 atom stereocenters. The molecule has 2 aromatic carbocycles. The molecule has 3 aromatic rings. The van der Waals surface area contributed by atoms with Crippen LogP contribution in [0.4, 0.5) is 37.7 Å². The Balaban J connectivity index is 1.62. The van der Waals surface area contributed by atoms with Gasteiger partial charge >= 0.3 is 6.18 Å². The van der Waals surface area contributed by atoms with Crippen LogP contribution in [0.15, 0.2) is 42.6 Å². The van der Waals surface area contributed by atoms with Crippen LogP contribution in [0.2, 0.25) is 0 Å². The van der Waals surface area contributed by atoms with E-state index in [9.17, 15) is 27.2 Å². The highest BCUT2D eigenvalue weighted by Crippen LogP contribution is 2.42. The summed E-state index contributed by atoms with van der Waals surface area (Å²) in [5, 5.41) is 11.2. The van der Waals surface area contributed by atoms with Gasteiger partial charge in [-0.1, -0.05) is 0 Å². The first-order chi connectivity index (χ1) is 20.6. The second-order valence-electron chi connectivity index (χ2n) is 10.1. The van der Waals surface area contributed by atoms with E-state index in [0.717, 1.165) is 35.4 Å². The molecule has 0 aliphatic carbocycles. The molecule has 1 aliphatic rings. The van der Waals surface area contributed by atoms with E-state index in [2.05, 4.69) is 10.3 Å². The number of rotatable bonds is 8. The van der Waals surface area contributed by atoms with Crippen LogP contribution >= 0.6 is 12.2 Å². The summed E-state index contributed by atoms with van der Waals surface area (Å²) < 4.78 is 91.4. The molecule has 0 saturated carbocycles. The highest BCUT2D eigenvalue weighted by atomic mass is 32.1. The Bertz CT molecular complexity index is 1710. The maximum Gasteiger partial charge on any atom is 0.420 e. The maximum absolute atomic E-state index is 15.4. The normalized spacial score (nSPS) is 14.5. The summed E-state index contributed by atoms with van der Waals surface area (Å²) in [5.74, 6) is -4.83. The van der Waals surface area contributed by atoms with Crippen LogP contribution in [0.1, 0.15) is 38.3 Å². The summed E-state index contributed by atoms with van der Waals surface area (Å²) in [6, 6.07) is 7.46. The quantitative estimate of drug-likeness (QED) is 0.188. The van der Waals surface area contributed by atoms with Crippen molar-refractivity contribution in [2.24, 2.45) is 0 Å². The number of hydrogen-bond acceptors (Lipinski definition) is 6. The fraction of sp³-hybridized carbons (Fsp3) is 0.276. The van der Waals surface area contributed by atoms with E-state index in [-0.39, 0.29) is 35.2 Å². The lowest BCUT2D eigenvalue weighted by Gasteiger charge is -2.29. The lowest BCUT2D eigenvalue weighted by Crippen LogP contribution is -2.44. The lowest BCUT2D eigenvalue weighted by molar-refractivity contribution is -0.140. The van der Waals surface area contributed by atoms with Crippen molar-refractivity contribution in [3.05, 3.63) is 71.2 Å². The molecule has 1 N–H and O–H groups in total. The predicted molar refractivity (Wildman–Crippen MR) is 151 cm³/mol. The fourth-order valence-corrected chi connectivity index (χ4v) is 5.11. The number of ether oxygens (including phenoxy) is 1. The zero-order valence-electron chi connectivity index (χ0n) is 23.4. The van der Waals surface area contributed by atoms with Crippen molar-refractivity contribution in [3.8, 4) is 23.1 Å². The molecule has 1 aromatic heterocycles. The van der Waals surface area contributed by atoms with Crippen LogP contribution < -0.4 is 19.9 Å². The second-order valence-corrected chi connectivity index (χ2v) is 10.5. The Labute approximate surface area is 252 Å². The predicted octanol–water partition coefficient (Wildman–Crippen LogP) is 5.88. The standard InChI is InChI=1S/C29H23F6N5O3S/c1-15(41)37-9-4-10-43-22-8-6-16(11-19(22)30)25-20(31)12-18(14-38-25)40-27(44)39(26(42)28(40,2)3)21-7-5-17(13-36)23(24(21)32)29(33,34)35/h5-8,11-12,14H,4,9-10H2,1-3H3,(H,37,41). The van der Waals surface area contributed by atoms with E-state index < -0.39 is 57.0 Å². The summed E-state index contributed by atoms with van der Waals surface area (Å²) in [5.41, 5.74) is -5.58. The van der Waals surface area contributed by atoms with E-state index >= 15 is 8.78 Å². The van der Waals surface area contributed by atoms with Gasteiger partial charge < -0.3 is 15.0 Å². The number of carbonyl (C=O) groups excluding carboxylic acids is 2. The molecule has 15 heteroatoms. The average molecular weight is 636 g/mol. The zero-order chi connectivity index (χ0) is 32.6. The molecule has 0 spiro atoms. The molecule has 44 heavy (non-hydrogen) atoms. The van der Waals surface area contributed by atoms with Crippen LogP contribution in [0.25, 0.3) is 11.3 Å². The fourth-order valence-electron chi connectivity index (χ4n) is 4.60. The van der Waals surface area contributed by atoms with Crippen LogP contribution in [-0.4, -0.2) is 40.6 Å². The Morgan fingerprint density at radius 2 is 1.84 bits per heavy atom. The minimum Gasteiger partial charge on any atom is -0.490 e. The molecule has 1 saturated heterocycles. The monoisotopic (exact) mass is 635 g/mol. The van der Waals surface area contributed by atoms with E-state index in [4.69, 9.17) is 22.2 Å². The number of thiocarbonyl (C=S) groups is 1. The van der Waals surface area contributed by atoms with Gasteiger partial charge in [0.1, 0.15) is 16.8 Å². The number of benzene rings is 2. The first-order valence-electron chi connectivity index (χ1n) is 12.9. The van der Waals surface area contributed by atoms with Crippen molar-refractivity contribution in [1.82, 2.24) is 10.3 Å². The number of pyridine rings is 1. The summed E-state index contributed by atoms with van der Waals surface area (Å²) in [6.07, 6.45) is -3.69. The van der Waals surface area contributed by atoms with Gasteiger partial charge in [0.15, 0.2) is 28.3 Å². The second kappa shape index (κ2) is 12.1. The third-order valence-corrected chi connectivity index (χ3v) is 7.04. The van der Waals surface area contributed by atoms with Crippen molar-refractivity contribution < 1.29 is 40.7 Å². The Morgan fingerprint density at radius 1 is 1.14 bits per heavy atom. The Morgan fingerprint density at radius 3 is 2.43 bits per heavy atom. The number of aromatic nitrogens is 1. The number of nitrogens with zero attached hydrogens (tertiary/aromatic N) is 4. The third kappa shape index (κ3) is 6.02. The first kappa shape index (κ1) is 32.2. The number of nitriles is 1. The highest BCUT2D eigenvalue weighted by Gasteiger charge is 2.52.